The van der Waals surface area contributed by atoms with Crippen molar-refractivity contribution in [2.75, 3.05) is 32.8 Å². The van der Waals surface area contributed by atoms with Gasteiger partial charge in [0.2, 0.25) is 5.91 Å². The van der Waals surface area contributed by atoms with Crippen LogP contribution < -0.4 is 5.73 Å². The van der Waals surface area contributed by atoms with Crippen LogP contribution in [0.5, 0.6) is 0 Å². The molecule has 0 unspecified atom stereocenters. The summed E-state index contributed by atoms with van der Waals surface area (Å²) in [7, 11) is 0. The lowest BCUT2D eigenvalue weighted by molar-refractivity contribution is -0.189. The van der Waals surface area contributed by atoms with Gasteiger partial charge in [0.25, 0.3) is 0 Å². The Labute approximate surface area is 83.1 Å². The number of hydrogen-bond donors (Lipinski definition) is 1. The molecule has 5 heteroatoms. The number of carbonyl (C=O) groups is 1. The van der Waals surface area contributed by atoms with Crippen LogP contribution in [0.25, 0.3) is 0 Å². The molecule has 0 aromatic rings. The second kappa shape index (κ2) is 3.84. The van der Waals surface area contributed by atoms with Crippen LogP contribution in [0, 0.1) is 0 Å². The number of piperidine rings is 1. The Bertz CT molecular complexity index is 226. The van der Waals surface area contributed by atoms with Gasteiger partial charge in [-0.2, -0.15) is 0 Å². The van der Waals surface area contributed by atoms with Crippen LogP contribution in [0.15, 0.2) is 0 Å². The summed E-state index contributed by atoms with van der Waals surface area (Å²) in [5.74, 6) is -0.742. The molecule has 2 N–H and O–H groups in total. The lowest BCUT2D eigenvalue weighted by atomic mass is 10.0. The van der Waals surface area contributed by atoms with Crippen molar-refractivity contribution in [1.82, 2.24) is 4.90 Å². The van der Waals surface area contributed by atoms with Crippen molar-refractivity contribution in [3.05, 3.63) is 0 Å². The molecule has 80 valence electrons. The van der Waals surface area contributed by atoms with E-state index in [9.17, 15) is 4.79 Å². The Balaban J connectivity index is 1.93. The Morgan fingerprint density at radius 2 is 2.14 bits per heavy atom. The molecule has 0 radical (unpaired) electrons. The van der Waals surface area contributed by atoms with Crippen molar-refractivity contribution in [2.45, 2.75) is 18.6 Å². The summed E-state index contributed by atoms with van der Waals surface area (Å²) in [5, 5.41) is 0. The van der Waals surface area contributed by atoms with Crippen molar-refractivity contribution < 1.29 is 14.3 Å². The molecule has 1 spiro atoms. The molecule has 5 nitrogen and oxygen atoms in total. The maximum atomic E-state index is 10.8. The van der Waals surface area contributed by atoms with Crippen LogP contribution in [0.4, 0.5) is 0 Å². The summed E-state index contributed by atoms with van der Waals surface area (Å²) in [4.78, 5) is 12.8. The van der Waals surface area contributed by atoms with Gasteiger partial charge in [-0.1, -0.05) is 0 Å². The molecule has 0 aromatic heterocycles. The Kier molecular flexibility index (Phi) is 2.71. The Hall–Kier alpha value is -0.650. The molecule has 14 heavy (non-hydrogen) atoms. The average Bonchev–Trinajstić information content (AvgIpc) is 2.52. The predicted molar refractivity (Wildman–Crippen MR) is 49.5 cm³/mol. The molecule has 0 aromatic carbocycles. The molecule has 0 bridgehead atoms. The highest BCUT2D eigenvalue weighted by Crippen LogP contribution is 2.29. The van der Waals surface area contributed by atoms with Crippen molar-refractivity contribution in [3.63, 3.8) is 0 Å². The maximum Gasteiger partial charge on any atom is 0.231 e. The van der Waals surface area contributed by atoms with Crippen LogP contribution in [0.2, 0.25) is 0 Å². The quantitative estimate of drug-likeness (QED) is 0.641. The zero-order chi connectivity index (χ0) is 10.0. The number of nitrogens with two attached hydrogens (primary N) is 1. The van der Waals surface area contributed by atoms with Gasteiger partial charge in [-0.05, 0) is 13.0 Å². The number of likely N-dealkylation sites (tertiary alicyclic amines) is 1. The number of hydrogen-bond acceptors (Lipinski definition) is 4. The van der Waals surface area contributed by atoms with E-state index in [1.54, 1.807) is 0 Å². The molecule has 0 saturated carbocycles. The van der Waals surface area contributed by atoms with Crippen molar-refractivity contribution >= 4 is 5.91 Å². The molecular weight excluding hydrogens is 184 g/mol. The minimum absolute atomic E-state index is 0.292. The van der Waals surface area contributed by atoms with Crippen LogP contribution in [0.1, 0.15) is 12.8 Å². The van der Waals surface area contributed by atoms with Crippen LogP contribution >= 0.6 is 0 Å². The van der Waals surface area contributed by atoms with Gasteiger partial charge in [-0.25, -0.2) is 0 Å². The summed E-state index contributed by atoms with van der Waals surface area (Å²) < 4.78 is 11.2. The van der Waals surface area contributed by atoms with Gasteiger partial charge in [0, 0.05) is 6.42 Å². The maximum absolute atomic E-state index is 10.8. The first-order chi connectivity index (χ1) is 6.70. The first kappa shape index (κ1) is 9.89. The van der Waals surface area contributed by atoms with E-state index in [4.69, 9.17) is 15.2 Å². The molecule has 2 aliphatic rings. The van der Waals surface area contributed by atoms with Gasteiger partial charge < -0.3 is 15.2 Å². The smallest absolute Gasteiger partial charge is 0.231 e. The van der Waals surface area contributed by atoms with Gasteiger partial charge in [0.15, 0.2) is 5.79 Å². The summed E-state index contributed by atoms with van der Waals surface area (Å²) in [5.41, 5.74) is 5.15. The van der Waals surface area contributed by atoms with E-state index in [2.05, 4.69) is 0 Å². The third kappa shape index (κ3) is 2.05. The standard InChI is InChI=1S/C9H16N2O3/c10-8(12)6-11-3-1-2-9(7-11)13-4-5-14-9/h1-7H2,(H2,10,12). The van der Waals surface area contributed by atoms with Gasteiger partial charge in [0.05, 0.1) is 26.3 Å². The predicted octanol–water partition coefficient (Wildman–Crippen LogP) is -0.689. The second-order valence-corrected chi connectivity index (χ2v) is 3.89. The minimum atomic E-state index is -0.451. The van der Waals surface area contributed by atoms with Crippen LogP contribution in [0.3, 0.4) is 0 Å². The van der Waals surface area contributed by atoms with E-state index < -0.39 is 5.79 Å². The molecule has 2 heterocycles. The fraction of sp³-hybridized carbons (Fsp3) is 0.889. The normalized spacial score (nSPS) is 26.9. The van der Waals surface area contributed by atoms with Crippen molar-refractivity contribution in [2.24, 2.45) is 5.73 Å². The van der Waals surface area contributed by atoms with E-state index in [1.807, 2.05) is 4.90 Å². The molecule has 1 amide bonds. The fourth-order valence-corrected chi connectivity index (χ4v) is 2.16. The molecule has 2 saturated heterocycles. The van der Waals surface area contributed by atoms with Crippen LogP contribution in [-0.4, -0.2) is 49.4 Å². The summed E-state index contributed by atoms with van der Waals surface area (Å²) >= 11 is 0. The summed E-state index contributed by atoms with van der Waals surface area (Å²) in [6, 6.07) is 0. The largest absolute Gasteiger partial charge is 0.369 e. The zero-order valence-corrected chi connectivity index (χ0v) is 8.20. The van der Waals surface area contributed by atoms with E-state index in [0.29, 0.717) is 26.3 Å². The van der Waals surface area contributed by atoms with Crippen LogP contribution in [-0.2, 0) is 14.3 Å². The highest BCUT2D eigenvalue weighted by atomic mass is 16.7. The van der Waals surface area contributed by atoms with Crippen molar-refractivity contribution in [1.29, 1.82) is 0 Å². The minimum Gasteiger partial charge on any atom is -0.369 e. The summed E-state index contributed by atoms with van der Waals surface area (Å²) in [6.45, 7) is 3.18. The van der Waals surface area contributed by atoms with E-state index >= 15 is 0 Å². The lowest BCUT2D eigenvalue weighted by Gasteiger charge is -2.37. The monoisotopic (exact) mass is 200 g/mol. The molecule has 2 fully saturated rings. The van der Waals surface area contributed by atoms with E-state index in [1.165, 1.54) is 0 Å². The first-order valence-electron chi connectivity index (χ1n) is 4.99. The van der Waals surface area contributed by atoms with Gasteiger partial charge in [-0.15, -0.1) is 0 Å². The number of amides is 1. The summed E-state index contributed by atoms with van der Waals surface area (Å²) in [6.07, 6.45) is 1.91. The third-order valence-electron chi connectivity index (χ3n) is 2.69. The first-order valence-corrected chi connectivity index (χ1v) is 4.99. The average molecular weight is 200 g/mol. The van der Waals surface area contributed by atoms with Crippen molar-refractivity contribution in [3.8, 4) is 0 Å². The molecule has 0 atom stereocenters. The third-order valence-corrected chi connectivity index (χ3v) is 2.69. The topological polar surface area (TPSA) is 64.8 Å². The Morgan fingerprint density at radius 1 is 1.43 bits per heavy atom. The number of primary amides is 1. The number of rotatable bonds is 2. The number of ether oxygens (including phenoxy) is 2. The van der Waals surface area contributed by atoms with E-state index in [-0.39, 0.29) is 5.91 Å². The fourth-order valence-electron chi connectivity index (χ4n) is 2.16. The second-order valence-electron chi connectivity index (χ2n) is 3.89. The molecule has 2 rings (SSSR count). The highest BCUT2D eigenvalue weighted by molar-refractivity contribution is 5.75. The molecule has 2 aliphatic heterocycles. The van der Waals surface area contributed by atoms with Gasteiger partial charge >= 0.3 is 0 Å². The van der Waals surface area contributed by atoms with Gasteiger partial charge in [0.1, 0.15) is 0 Å². The lowest BCUT2D eigenvalue weighted by Crippen LogP contribution is -2.51. The Morgan fingerprint density at radius 3 is 2.79 bits per heavy atom. The van der Waals surface area contributed by atoms with E-state index in [0.717, 1.165) is 19.4 Å². The number of nitrogens with zero attached hydrogens (tertiary/aromatic N) is 1. The van der Waals surface area contributed by atoms with Gasteiger partial charge in [-0.3, -0.25) is 9.69 Å². The SMILES string of the molecule is NC(=O)CN1CCCC2(C1)OCCO2. The zero-order valence-electron chi connectivity index (χ0n) is 8.20. The molecular formula is C9H16N2O3. The highest BCUT2D eigenvalue weighted by Gasteiger charge is 2.40. The molecule has 0 aliphatic carbocycles. The number of carbonyl (C=O) groups excluding carboxylic acids is 1.